The summed E-state index contributed by atoms with van der Waals surface area (Å²) in [5, 5.41) is 6.83. The first kappa shape index (κ1) is 24.5. The molecule has 5 N–H and O–H groups in total. The van der Waals surface area contributed by atoms with Crippen LogP contribution in [-0.4, -0.2) is 34.9 Å². The molecule has 2 aromatic rings. The molecule has 2 fully saturated rings. The standard InChI is InChI=1S/C29H34N6/c1-22(11-5-6-14-23-12-3-2-4-13-23)25(35-28(30)26-17-9-19-31-26)16-8-7-15-24-21-33-29(34-24)27-18-10-20-32-27/h2-5,11-13,21,26-27,31-32H,6,9-10,14,17-20H2,1H3,(H2,30,35)(H,33,34)/b11-5-,25-22-/t26-,27-/m0/s1. The van der Waals surface area contributed by atoms with Crippen molar-refractivity contribution in [1.29, 1.82) is 0 Å². The number of aliphatic imine (C=N–C) groups is 1. The van der Waals surface area contributed by atoms with Gasteiger partial charge in [-0.3, -0.25) is 0 Å². The normalized spacial score (nSPS) is 20.8. The van der Waals surface area contributed by atoms with Gasteiger partial charge in [0.2, 0.25) is 0 Å². The summed E-state index contributed by atoms with van der Waals surface area (Å²) < 4.78 is 0. The first-order valence-electron chi connectivity index (χ1n) is 12.5. The van der Waals surface area contributed by atoms with E-state index >= 15 is 0 Å². The van der Waals surface area contributed by atoms with E-state index in [0.29, 0.717) is 17.6 Å². The Kier molecular flexibility index (Phi) is 8.95. The highest BCUT2D eigenvalue weighted by Gasteiger charge is 2.19. The molecular formula is C29H34N6. The van der Waals surface area contributed by atoms with Crippen LogP contribution in [0.1, 0.15) is 62.2 Å². The summed E-state index contributed by atoms with van der Waals surface area (Å²) in [6.07, 6.45) is 12.3. The predicted molar refractivity (Wildman–Crippen MR) is 142 cm³/mol. The van der Waals surface area contributed by atoms with E-state index in [1.807, 2.05) is 13.0 Å². The van der Waals surface area contributed by atoms with Gasteiger partial charge in [-0.05, 0) is 93.4 Å². The molecule has 3 heterocycles. The molecule has 0 spiro atoms. The second-order valence-electron chi connectivity index (χ2n) is 8.97. The molecule has 35 heavy (non-hydrogen) atoms. The molecule has 0 amide bonds. The average molecular weight is 467 g/mol. The van der Waals surface area contributed by atoms with Crippen LogP contribution >= 0.6 is 0 Å². The lowest BCUT2D eigenvalue weighted by Crippen LogP contribution is -2.36. The van der Waals surface area contributed by atoms with Crippen molar-refractivity contribution in [3.63, 3.8) is 0 Å². The minimum absolute atomic E-state index is 0.111. The van der Waals surface area contributed by atoms with E-state index in [1.165, 1.54) is 12.0 Å². The van der Waals surface area contributed by atoms with E-state index < -0.39 is 0 Å². The maximum absolute atomic E-state index is 6.31. The number of aromatic nitrogens is 2. The number of imidazole rings is 1. The van der Waals surface area contributed by atoms with E-state index in [4.69, 9.17) is 5.73 Å². The highest BCUT2D eigenvalue weighted by atomic mass is 15.0. The molecule has 2 saturated heterocycles. The number of aromatic amines is 1. The van der Waals surface area contributed by atoms with Gasteiger partial charge >= 0.3 is 0 Å². The van der Waals surface area contributed by atoms with Crippen LogP contribution in [0.3, 0.4) is 0 Å². The van der Waals surface area contributed by atoms with E-state index in [0.717, 1.165) is 62.3 Å². The first-order chi connectivity index (χ1) is 17.2. The van der Waals surface area contributed by atoms with Crippen molar-refractivity contribution >= 4 is 5.84 Å². The fraction of sp³-hybridized carbons (Fsp3) is 0.379. The largest absolute Gasteiger partial charge is 0.386 e. The molecule has 2 aliphatic heterocycles. The highest BCUT2D eigenvalue weighted by molar-refractivity contribution is 5.87. The molecule has 6 heteroatoms. The maximum Gasteiger partial charge on any atom is 0.124 e. The predicted octanol–water partition coefficient (Wildman–Crippen LogP) is 3.76. The van der Waals surface area contributed by atoms with Crippen molar-refractivity contribution in [2.24, 2.45) is 10.7 Å². The Hall–Kier alpha value is -3.58. The lowest BCUT2D eigenvalue weighted by atomic mass is 10.1. The van der Waals surface area contributed by atoms with Crippen molar-refractivity contribution in [3.05, 3.63) is 77.0 Å². The van der Waals surface area contributed by atoms with Gasteiger partial charge in [-0.2, -0.15) is 0 Å². The number of benzene rings is 1. The van der Waals surface area contributed by atoms with Crippen molar-refractivity contribution in [2.75, 3.05) is 13.1 Å². The number of hydrogen-bond donors (Lipinski definition) is 4. The molecular weight excluding hydrogens is 432 g/mol. The maximum atomic E-state index is 6.31. The summed E-state index contributed by atoms with van der Waals surface area (Å²) in [6.45, 7) is 4.02. The van der Waals surface area contributed by atoms with Gasteiger partial charge in [0.1, 0.15) is 23.1 Å². The molecule has 0 aliphatic carbocycles. The quantitative estimate of drug-likeness (QED) is 0.216. The number of hydrogen-bond acceptors (Lipinski definition) is 4. The number of nitrogens with one attached hydrogen (secondary N) is 3. The van der Waals surface area contributed by atoms with Gasteiger partial charge in [0.15, 0.2) is 0 Å². The lowest BCUT2D eigenvalue weighted by Gasteiger charge is -2.09. The smallest absolute Gasteiger partial charge is 0.124 e. The third-order valence-corrected chi connectivity index (χ3v) is 6.27. The SMILES string of the molecule is CC(/C=C\CCc1ccccc1)=C(\C#CC#Cc1cnc([C@@H]2CCCN2)[nH]1)N=C(N)[C@@H]1CCCN1. The Bertz CT molecular complexity index is 1180. The zero-order valence-corrected chi connectivity index (χ0v) is 20.4. The second kappa shape index (κ2) is 12.8. The molecule has 2 atom stereocenters. The average Bonchev–Trinajstić information content (AvgIpc) is 3.66. The Morgan fingerprint density at radius 3 is 2.74 bits per heavy atom. The third-order valence-electron chi connectivity index (χ3n) is 6.27. The first-order valence-corrected chi connectivity index (χ1v) is 12.5. The van der Waals surface area contributed by atoms with Gasteiger partial charge in [-0.15, -0.1) is 0 Å². The lowest BCUT2D eigenvalue weighted by molar-refractivity contribution is 0.612. The zero-order valence-electron chi connectivity index (χ0n) is 20.4. The van der Waals surface area contributed by atoms with Crippen LogP contribution in [0.5, 0.6) is 0 Å². The van der Waals surface area contributed by atoms with Gasteiger partial charge in [-0.25, -0.2) is 9.98 Å². The summed E-state index contributed by atoms with van der Waals surface area (Å²) in [4.78, 5) is 12.4. The number of nitrogens with two attached hydrogens (primary N) is 1. The van der Waals surface area contributed by atoms with Gasteiger partial charge in [-0.1, -0.05) is 42.5 Å². The Morgan fingerprint density at radius 1 is 1.14 bits per heavy atom. The third kappa shape index (κ3) is 7.45. The fourth-order valence-corrected chi connectivity index (χ4v) is 4.28. The molecule has 0 saturated carbocycles. The molecule has 4 rings (SSSR count). The number of amidine groups is 1. The van der Waals surface area contributed by atoms with Crippen LogP contribution in [0.25, 0.3) is 0 Å². The number of allylic oxidation sites excluding steroid dienone is 4. The summed E-state index contributed by atoms with van der Waals surface area (Å²) in [7, 11) is 0. The Morgan fingerprint density at radius 2 is 1.97 bits per heavy atom. The second-order valence-corrected chi connectivity index (χ2v) is 8.97. The van der Waals surface area contributed by atoms with Crippen molar-refractivity contribution in [2.45, 2.75) is 57.5 Å². The van der Waals surface area contributed by atoms with E-state index in [9.17, 15) is 0 Å². The van der Waals surface area contributed by atoms with E-state index in [-0.39, 0.29) is 6.04 Å². The minimum Gasteiger partial charge on any atom is -0.386 e. The van der Waals surface area contributed by atoms with Crippen molar-refractivity contribution in [1.82, 2.24) is 20.6 Å². The van der Waals surface area contributed by atoms with Crippen LogP contribution in [0.4, 0.5) is 0 Å². The molecule has 0 unspecified atom stereocenters. The Balaban J connectivity index is 1.47. The Labute approximate surface area is 208 Å². The number of rotatable bonds is 7. The molecule has 180 valence electrons. The molecule has 0 radical (unpaired) electrons. The van der Waals surface area contributed by atoms with Crippen molar-refractivity contribution in [3.8, 4) is 23.7 Å². The number of H-pyrrole nitrogens is 1. The van der Waals surface area contributed by atoms with Gasteiger partial charge in [0.25, 0.3) is 0 Å². The van der Waals surface area contributed by atoms with Crippen LogP contribution in [0, 0.1) is 23.7 Å². The molecule has 1 aromatic heterocycles. The van der Waals surface area contributed by atoms with Crippen LogP contribution in [0.2, 0.25) is 0 Å². The van der Waals surface area contributed by atoms with Gasteiger partial charge < -0.3 is 21.4 Å². The molecule has 1 aromatic carbocycles. The molecule has 6 nitrogen and oxygen atoms in total. The molecule has 0 bridgehead atoms. The van der Waals surface area contributed by atoms with E-state index in [2.05, 4.69) is 85.7 Å². The van der Waals surface area contributed by atoms with Crippen molar-refractivity contribution < 1.29 is 0 Å². The fourth-order valence-electron chi connectivity index (χ4n) is 4.28. The number of aryl methyl sites for hydroxylation is 1. The summed E-state index contributed by atoms with van der Waals surface area (Å²) in [6, 6.07) is 10.9. The van der Waals surface area contributed by atoms with Crippen LogP contribution < -0.4 is 16.4 Å². The minimum atomic E-state index is 0.111. The van der Waals surface area contributed by atoms with E-state index in [1.54, 1.807) is 6.20 Å². The van der Waals surface area contributed by atoms with Gasteiger partial charge in [0.05, 0.1) is 18.3 Å². The van der Waals surface area contributed by atoms with Crippen LogP contribution in [0.15, 0.2) is 64.9 Å². The number of nitrogens with zero attached hydrogens (tertiary/aromatic N) is 2. The summed E-state index contributed by atoms with van der Waals surface area (Å²) in [5.74, 6) is 13.6. The summed E-state index contributed by atoms with van der Waals surface area (Å²) >= 11 is 0. The van der Waals surface area contributed by atoms with Crippen LogP contribution in [-0.2, 0) is 6.42 Å². The van der Waals surface area contributed by atoms with Gasteiger partial charge in [0, 0.05) is 0 Å². The molecule has 2 aliphatic rings. The topological polar surface area (TPSA) is 91.1 Å². The zero-order chi connectivity index (χ0) is 24.3. The highest BCUT2D eigenvalue weighted by Crippen LogP contribution is 2.19. The summed E-state index contributed by atoms with van der Waals surface area (Å²) in [5.41, 5.74) is 10.0. The monoisotopic (exact) mass is 466 g/mol.